The first-order valence-corrected chi connectivity index (χ1v) is 6.00. The summed E-state index contributed by atoms with van der Waals surface area (Å²) in [6.07, 6.45) is 3.69. The quantitative estimate of drug-likeness (QED) is 0.698. The molecule has 5 heteroatoms. The van der Waals surface area contributed by atoms with Crippen molar-refractivity contribution in [3.05, 3.63) is 0 Å². The van der Waals surface area contributed by atoms with E-state index in [1.54, 1.807) is 0 Å². The van der Waals surface area contributed by atoms with Crippen molar-refractivity contribution in [2.45, 2.75) is 43.9 Å². The molecular formula is C11H20N2O3. The number of ether oxygens (including phenoxy) is 2. The standard InChI is InChI=1S/C11H20N2O3/c12-5-10-7-15-6-9(16-10)3-1-8-2-4-11(14)13-8/h8-10H,1-7,12H2,(H,13,14). The van der Waals surface area contributed by atoms with Crippen molar-refractivity contribution in [2.24, 2.45) is 5.73 Å². The molecule has 3 atom stereocenters. The molecule has 0 aromatic heterocycles. The van der Waals surface area contributed by atoms with Gasteiger partial charge in [0.15, 0.2) is 0 Å². The molecule has 2 aliphatic rings. The third-order valence-corrected chi connectivity index (χ3v) is 3.18. The second-order valence-electron chi connectivity index (χ2n) is 4.53. The highest BCUT2D eigenvalue weighted by atomic mass is 16.6. The molecule has 16 heavy (non-hydrogen) atoms. The van der Waals surface area contributed by atoms with Gasteiger partial charge in [0.25, 0.3) is 0 Å². The van der Waals surface area contributed by atoms with Gasteiger partial charge in [0.05, 0.1) is 25.4 Å². The van der Waals surface area contributed by atoms with Crippen molar-refractivity contribution >= 4 is 5.91 Å². The van der Waals surface area contributed by atoms with E-state index >= 15 is 0 Å². The van der Waals surface area contributed by atoms with Gasteiger partial charge in [-0.25, -0.2) is 0 Å². The van der Waals surface area contributed by atoms with Crippen LogP contribution in [-0.2, 0) is 14.3 Å². The van der Waals surface area contributed by atoms with E-state index in [1.165, 1.54) is 0 Å². The Morgan fingerprint density at radius 1 is 1.31 bits per heavy atom. The van der Waals surface area contributed by atoms with E-state index in [-0.39, 0.29) is 18.1 Å². The normalized spacial score (nSPS) is 35.1. The second kappa shape index (κ2) is 5.61. The Labute approximate surface area is 95.7 Å². The zero-order valence-corrected chi connectivity index (χ0v) is 9.48. The first-order valence-electron chi connectivity index (χ1n) is 6.00. The Balaban J connectivity index is 1.67. The van der Waals surface area contributed by atoms with Crippen LogP contribution in [0.25, 0.3) is 0 Å². The van der Waals surface area contributed by atoms with Crippen LogP contribution in [0.4, 0.5) is 0 Å². The molecule has 3 N–H and O–H groups in total. The van der Waals surface area contributed by atoms with Crippen LogP contribution < -0.4 is 11.1 Å². The fourth-order valence-electron chi connectivity index (χ4n) is 2.24. The van der Waals surface area contributed by atoms with E-state index < -0.39 is 0 Å². The number of nitrogens with two attached hydrogens (primary N) is 1. The molecule has 0 bridgehead atoms. The van der Waals surface area contributed by atoms with E-state index in [2.05, 4.69) is 5.32 Å². The maximum atomic E-state index is 11.0. The van der Waals surface area contributed by atoms with Crippen molar-refractivity contribution in [1.29, 1.82) is 0 Å². The molecule has 92 valence electrons. The number of carbonyl (C=O) groups is 1. The van der Waals surface area contributed by atoms with Crippen LogP contribution in [0.3, 0.4) is 0 Å². The summed E-state index contributed by atoms with van der Waals surface area (Å²) >= 11 is 0. The lowest BCUT2D eigenvalue weighted by atomic mass is 10.1. The highest BCUT2D eigenvalue weighted by molar-refractivity contribution is 5.78. The van der Waals surface area contributed by atoms with Gasteiger partial charge in [-0.15, -0.1) is 0 Å². The molecule has 0 aliphatic carbocycles. The van der Waals surface area contributed by atoms with Gasteiger partial charge in [-0.05, 0) is 19.3 Å². The number of rotatable bonds is 4. The molecule has 1 amide bonds. The van der Waals surface area contributed by atoms with Crippen molar-refractivity contribution in [1.82, 2.24) is 5.32 Å². The van der Waals surface area contributed by atoms with E-state index in [1.807, 2.05) is 0 Å². The minimum atomic E-state index is 0.0388. The fraction of sp³-hybridized carbons (Fsp3) is 0.909. The van der Waals surface area contributed by atoms with Gasteiger partial charge in [0.1, 0.15) is 0 Å². The van der Waals surface area contributed by atoms with Gasteiger partial charge >= 0.3 is 0 Å². The molecule has 0 aromatic carbocycles. The fourth-order valence-corrected chi connectivity index (χ4v) is 2.24. The molecule has 2 rings (SSSR count). The lowest BCUT2D eigenvalue weighted by Crippen LogP contribution is -2.41. The van der Waals surface area contributed by atoms with Crippen LogP contribution in [0.1, 0.15) is 25.7 Å². The second-order valence-corrected chi connectivity index (χ2v) is 4.53. The van der Waals surface area contributed by atoms with Crippen LogP contribution in [-0.4, -0.2) is 43.9 Å². The van der Waals surface area contributed by atoms with Crippen LogP contribution in [0.2, 0.25) is 0 Å². The zero-order chi connectivity index (χ0) is 11.4. The predicted molar refractivity (Wildman–Crippen MR) is 58.9 cm³/mol. The maximum absolute atomic E-state index is 11.0. The molecule has 0 radical (unpaired) electrons. The van der Waals surface area contributed by atoms with Crippen LogP contribution in [0.15, 0.2) is 0 Å². The molecule has 2 aliphatic heterocycles. The molecule has 2 saturated heterocycles. The molecule has 0 saturated carbocycles. The molecule has 2 heterocycles. The summed E-state index contributed by atoms with van der Waals surface area (Å²) in [5.41, 5.74) is 5.54. The first-order chi connectivity index (χ1) is 7.78. The minimum absolute atomic E-state index is 0.0388. The summed E-state index contributed by atoms with van der Waals surface area (Å²) in [4.78, 5) is 11.0. The lowest BCUT2D eigenvalue weighted by molar-refractivity contribution is -0.136. The number of amides is 1. The van der Waals surface area contributed by atoms with Gasteiger partial charge < -0.3 is 20.5 Å². The van der Waals surface area contributed by atoms with E-state index in [0.29, 0.717) is 32.2 Å². The molecule has 5 nitrogen and oxygen atoms in total. The van der Waals surface area contributed by atoms with Crippen molar-refractivity contribution in [3.8, 4) is 0 Å². The van der Waals surface area contributed by atoms with E-state index in [0.717, 1.165) is 19.3 Å². The van der Waals surface area contributed by atoms with E-state index in [4.69, 9.17) is 15.2 Å². The summed E-state index contributed by atoms with van der Waals surface area (Å²) < 4.78 is 11.2. The topological polar surface area (TPSA) is 73.6 Å². The van der Waals surface area contributed by atoms with Crippen molar-refractivity contribution in [3.63, 3.8) is 0 Å². The van der Waals surface area contributed by atoms with Crippen LogP contribution >= 0.6 is 0 Å². The molecular weight excluding hydrogens is 208 g/mol. The monoisotopic (exact) mass is 228 g/mol. The third-order valence-electron chi connectivity index (χ3n) is 3.18. The number of hydrogen-bond donors (Lipinski definition) is 2. The summed E-state index contributed by atoms with van der Waals surface area (Å²) in [6.45, 7) is 1.76. The Morgan fingerprint density at radius 3 is 2.81 bits per heavy atom. The Morgan fingerprint density at radius 2 is 2.12 bits per heavy atom. The number of hydrogen-bond acceptors (Lipinski definition) is 4. The van der Waals surface area contributed by atoms with Crippen LogP contribution in [0, 0.1) is 0 Å². The zero-order valence-electron chi connectivity index (χ0n) is 9.48. The van der Waals surface area contributed by atoms with Crippen LogP contribution in [0.5, 0.6) is 0 Å². The molecule has 2 fully saturated rings. The Bertz CT molecular complexity index is 247. The summed E-state index contributed by atoms with van der Waals surface area (Å²) in [7, 11) is 0. The molecule has 0 aromatic rings. The minimum Gasteiger partial charge on any atom is -0.376 e. The predicted octanol–water partition coefficient (Wildman–Crippen LogP) is -0.212. The Hall–Kier alpha value is -0.650. The van der Waals surface area contributed by atoms with Crippen molar-refractivity contribution in [2.75, 3.05) is 19.8 Å². The summed E-state index contributed by atoms with van der Waals surface area (Å²) in [5, 5.41) is 2.96. The maximum Gasteiger partial charge on any atom is 0.220 e. The largest absolute Gasteiger partial charge is 0.376 e. The highest BCUT2D eigenvalue weighted by Gasteiger charge is 2.25. The van der Waals surface area contributed by atoms with Gasteiger partial charge in [-0.1, -0.05) is 0 Å². The number of nitrogens with one attached hydrogen (secondary N) is 1. The van der Waals surface area contributed by atoms with Gasteiger partial charge in [0.2, 0.25) is 5.91 Å². The van der Waals surface area contributed by atoms with Gasteiger partial charge in [0, 0.05) is 19.0 Å². The highest BCUT2D eigenvalue weighted by Crippen LogP contribution is 2.17. The average molecular weight is 228 g/mol. The van der Waals surface area contributed by atoms with Crippen molar-refractivity contribution < 1.29 is 14.3 Å². The smallest absolute Gasteiger partial charge is 0.220 e. The van der Waals surface area contributed by atoms with Gasteiger partial charge in [-0.3, -0.25) is 4.79 Å². The first kappa shape index (κ1) is 11.8. The van der Waals surface area contributed by atoms with Gasteiger partial charge in [-0.2, -0.15) is 0 Å². The van der Waals surface area contributed by atoms with E-state index in [9.17, 15) is 4.79 Å². The SMILES string of the molecule is NCC1COCC(CCC2CCC(=O)N2)O1. The third kappa shape index (κ3) is 3.17. The summed E-state index contributed by atoms with van der Waals surface area (Å²) in [5.74, 6) is 0.172. The number of carbonyl (C=O) groups excluding carboxylic acids is 1. The summed E-state index contributed by atoms with van der Waals surface area (Å²) in [6, 6.07) is 0.328. The molecule has 3 unspecified atom stereocenters. The molecule has 0 spiro atoms. The Kier molecular flexibility index (Phi) is 4.15. The lowest BCUT2D eigenvalue weighted by Gasteiger charge is -2.30. The average Bonchev–Trinajstić information content (AvgIpc) is 2.73.